The lowest BCUT2D eigenvalue weighted by Gasteiger charge is -2.20. The van der Waals surface area contributed by atoms with Crippen LogP contribution in [0, 0.1) is 5.82 Å². The largest absolute Gasteiger partial charge is 0.478 e. The van der Waals surface area contributed by atoms with Crippen molar-refractivity contribution in [3.8, 4) is 0 Å². The molecule has 1 aliphatic rings. The molecule has 98 valence electrons. The summed E-state index contributed by atoms with van der Waals surface area (Å²) in [6.45, 7) is 1.61. The second kappa shape index (κ2) is 5.30. The van der Waals surface area contributed by atoms with Gasteiger partial charge in [0.05, 0.1) is 0 Å². The molecule has 0 bridgehead atoms. The van der Waals surface area contributed by atoms with Crippen LogP contribution in [-0.4, -0.2) is 47.1 Å². The van der Waals surface area contributed by atoms with E-state index in [1.54, 1.807) is 0 Å². The summed E-state index contributed by atoms with van der Waals surface area (Å²) in [5, 5.41) is 11.7. The van der Waals surface area contributed by atoms with E-state index in [4.69, 9.17) is 5.11 Å². The van der Waals surface area contributed by atoms with E-state index in [0.29, 0.717) is 12.6 Å². The van der Waals surface area contributed by atoms with Gasteiger partial charge in [-0.05, 0) is 32.5 Å². The Bertz CT molecular complexity index is 453. The number of anilines is 1. The highest BCUT2D eigenvalue weighted by atomic mass is 19.1. The van der Waals surface area contributed by atoms with Crippen molar-refractivity contribution in [1.82, 2.24) is 9.88 Å². The fourth-order valence-corrected chi connectivity index (χ4v) is 2.18. The normalized spacial score (nSPS) is 20.0. The molecule has 1 unspecified atom stereocenters. The molecule has 6 heteroatoms. The Kier molecular flexibility index (Phi) is 3.76. The third kappa shape index (κ3) is 2.59. The van der Waals surface area contributed by atoms with Crippen molar-refractivity contribution in [1.29, 1.82) is 0 Å². The van der Waals surface area contributed by atoms with Gasteiger partial charge in [0.25, 0.3) is 0 Å². The molecule has 0 aromatic carbocycles. The summed E-state index contributed by atoms with van der Waals surface area (Å²) in [5.74, 6) is -2.07. The first-order chi connectivity index (χ1) is 8.59. The van der Waals surface area contributed by atoms with Crippen molar-refractivity contribution >= 4 is 11.8 Å². The smallest absolute Gasteiger partial charge is 0.338 e. The van der Waals surface area contributed by atoms with E-state index < -0.39 is 11.8 Å². The zero-order chi connectivity index (χ0) is 13.1. The van der Waals surface area contributed by atoms with Crippen molar-refractivity contribution in [2.45, 2.75) is 18.9 Å². The average molecular weight is 253 g/mol. The summed E-state index contributed by atoms with van der Waals surface area (Å²) in [6, 6.07) is 1.50. The molecule has 1 saturated heterocycles. The van der Waals surface area contributed by atoms with Crippen molar-refractivity contribution in [2.75, 3.05) is 25.5 Å². The molecule has 1 aliphatic heterocycles. The van der Waals surface area contributed by atoms with Gasteiger partial charge in [-0.25, -0.2) is 14.2 Å². The molecule has 5 nitrogen and oxygen atoms in total. The van der Waals surface area contributed by atoms with Crippen molar-refractivity contribution < 1.29 is 14.3 Å². The Morgan fingerprint density at radius 1 is 1.72 bits per heavy atom. The van der Waals surface area contributed by atoms with Crippen molar-refractivity contribution in [3.05, 3.63) is 23.6 Å². The van der Waals surface area contributed by atoms with Crippen molar-refractivity contribution in [2.24, 2.45) is 0 Å². The number of hydrogen-bond donors (Lipinski definition) is 2. The molecule has 0 radical (unpaired) electrons. The average Bonchev–Trinajstić information content (AvgIpc) is 2.73. The first-order valence-corrected chi connectivity index (χ1v) is 5.91. The lowest BCUT2D eigenvalue weighted by atomic mass is 10.2. The van der Waals surface area contributed by atoms with Gasteiger partial charge in [0.1, 0.15) is 5.56 Å². The number of likely N-dealkylation sites (tertiary alicyclic amines) is 1. The lowest BCUT2D eigenvalue weighted by Crippen LogP contribution is -2.32. The molecule has 2 heterocycles. The molecule has 1 aromatic rings. The standard InChI is InChI=1S/C12H16FN3O2/c1-16-6-2-3-8(16)7-15-11-10(13)9(12(17)18)4-5-14-11/h4-5,8H,2-3,6-7H2,1H3,(H,14,15)(H,17,18). The summed E-state index contributed by atoms with van der Waals surface area (Å²) >= 11 is 0. The van der Waals surface area contributed by atoms with Crippen LogP contribution in [0.4, 0.5) is 10.2 Å². The predicted molar refractivity (Wildman–Crippen MR) is 65.3 cm³/mol. The van der Waals surface area contributed by atoms with E-state index in [1.165, 1.54) is 6.20 Å². The number of likely N-dealkylation sites (N-methyl/N-ethyl adjacent to an activating group) is 1. The van der Waals surface area contributed by atoms with E-state index in [-0.39, 0.29) is 11.4 Å². The van der Waals surface area contributed by atoms with E-state index in [9.17, 15) is 9.18 Å². The van der Waals surface area contributed by atoms with Crippen molar-refractivity contribution in [3.63, 3.8) is 0 Å². The van der Waals surface area contributed by atoms with Gasteiger partial charge in [0.15, 0.2) is 11.6 Å². The van der Waals surface area contributed by atoms with Crippen LogP contribution in [0.15, 0.2) is 12.3 Å². The number of rotatable bonds is 4. The highest BCUT2D eigenvalue weighted by molar-refractivity contribution is 5.88. The SMILES string of the molecule is CN1CCCC1CNc1nccc(C(=O)O)c1F. The summed E-state index contributed by atoms with van der Waals surface area (Å²) < 4.78 is 13.8. The number of hydrogen-bond acceptors (Lipinski definition) is 4. The fourth-order valence-electron chi connectivity index (χ4n) is 2.18. The molecule has 2 rings (SSSR count). The Morgan fingerprint density at radius 3 is 3.11 bits per heavy atom. The van der Waals surface area contributed by atoms with Gasteiger partial charge in [0.2, 0.25) is 0 Å². The molecular weight excluding hydrogens is 237 g/mol. The maximum Gasteiger partial charge on any atom is 0.338 e. The van der Waals surface area contributed by atoms with Crippen LogP contribution in [0.5, 0.6) is 0 Å². The van der Waals surface area contributed by atoms with E-state index >= 15 is 0 Å². The first kappa shape index (κ1) is 12.8. The Morgan fingerprint density at radius 2 is 2.50 bits per heavy atom. The minimum absolute atomic E-state index is 0.00944. The number of nitrogens with one attached hydrogen (secondary N) is 1. The molecule has 18 heavy (non-hydrogen) atoms. The van der Waals surface area contributed by atoms with Crippen LogP contribution < -0.4 is 5.32 Å². The van der Waals surface area contributed by atoms with Crippen LogP contribution in [-0.2, 0) is 0 Å². The number of aromatic carboxylic acids is 1. The number of nitrogens with zero attached hydrogens (tertiary/aromatic N) is 2. The van der Waals surface area contributed by atoms with Gasteiger partial charge in [-0.3, -0.25) is 0 Å². The quantitative estimate of drug-likeness (QED) is 0.849. The highest BCUT2D eigenvalue weighted by Crippen LogP contribution is 2.18. The van der Waals surface area contributed by atoms with E-state index in [1.807, 2.05) is 7.05 Å². The van der Waals surface area contributed by atoms with E-state index in [2.05, 4.69) is 15.2 Å². The lowest BCUT2D eigenvalue weighted by molar-refractivity contribution is 0.0692. The molecule has 0 aliphatic carbocycles. The van der Waals surface area contributed by atoms with Crippen LogP contribution in [0.3, 0.4) is 0 Å². The van der Waals surface area contributed by atoms with Crippen LogP contribution >= 0.6 is 0 Å². The number of carboxylic acid groups (broad SMARTS) is 1. The second-order valence-corrected chi connectivity index (χ2v) is 4.48. The summed E-state index contributed by atoms with van der Waals surface area (Å²) in [7, 11) is 2.02. The molecule has 1 fully saturated rings. The number of carbonyl (C=O) groups is 1. The number of pyridine rings is 1. The zero-order valence-electron chi connectivity index (χ0n) is 10.2. The minimum atomic E-state index is -1.28. The van der Waals surface area contributed by atoms with Gasteiger partial charge in [-0.2, -0.15) is 0 Å². The van der Waals surface area contributed by atoms with Crippen LogP contribution in [0.1, 0.15) is 23.2 Å². The Labute approximate surface area is 105 Å². The Hall–Kier alpha value is -1.69. The van der Waals surface area contributed by atoms with Crippen LogP contribution in [0.25, 0.3) is 0 Å². The first-order valence-electron chi connectivity index (χ1n) is 5.91. The number of aromatic nitrogens is 1. The summed E-state index contributed by atoms with van der Waals surface area (Å²) in [4.78, 5) is 16.8. The van der Waals surface area contributed by atoms with Crippen LogP contribution in [0.2, 0.25) is 0 Å². The highest BCUT2D eigenvalue weighted by Gasteiger charge is 2.21. The second-order valence-electron chi connectivity index (χ2n) is 4.48. The third-order valence-corrected chi connectivity index (χ3v) is 3.30. The topological polar surface area (TPSA) is 65.5 Å². The minimum Gasteiger partial charge on any atom is -0.478 e. The maximum absolute atomic E-state index is 13.8. The van der Waals surface area contributed by atoms with Gasteiger partial charge in [-0.15, -0.1) is 0 Å². The fraction of sp³-hybridized carbons (Fsp3) is 0.500. The molecule has 0 saturated carbocycles. The van der Waals surface area contributed by atoms with E-state index in [0.717, 1.165) is 25.5 Å². The summed E-state index contributed by atoms with van der Waals surface area (Å²) in [5.41, 5.74) is -0.354. The number of carboxylic acids is 1. The number of halogens is 1. The Balaban J connectivity index is 2.05. The maximum atomic E-state index is 13.8. The predicted octanol–water partition coefficient (Wildman–Crippen LogP) is 1.43. The molecule has 0 amide bonds. The van der Waals surface area contributed by atoms with Gasteiger partial charge in [-0.1, -0.05) is 0 Å². The van der Waals surface area contributed by atoms with Gasteiger partial charge in [0, 0.05) is 18.8 Å². The third-order valence-electron chi connectivity index (χ3n) is 3.30. The van der Waals surface area contributed by atoms with Gasteiger partial charge >= 0.3 is 5.97 Å². The molecule has 0 spiro atoms. The monoisotopic (exact) mass is 253 g/mol. The molecule has 1 aromatic heterocycles. The molecule has 1 atom stereocenters. The van der Waals surface area contributed by atoms with Gasteiger partial charge < -0.3 is 15.3 Å². The molecule has 2 N–H and O–H groups in total. The molecular formula is C12H16FN3O2. The summed E-state index contributed by atoms with van der Waals surface area (Å²) in [6.07, 6.45) is 3.49. The zero-order valence-corrected chi connectivity index (χ0v) is 10.2.